The van der Waals surface area contributed by atoms with Gasteiger partial charge in [0.15, 0.2) is 5.65 Å². The van der Waals surface area contributed by atoms with E-state index in [0.717, 1.165) is 18.9 Å². The lowest BCUT2D eigenvalue weighted by Crippen LogP contribution is -2.38. The summed E-state index contributed by atoms with van der Waals surface area (Å²) in [5, 5.41) is 11.6. The number of nitrogens with one attached hydrogen (secondary N) is 1. The number of hydrogen-bond donors (Lipinski definition) is 1. The maximum absolute atomic E-state index is 13.7. The van der Waals surface area contributed by atoms with Gasteiger partial charge < -0.3 is 4.57 Å². The minimum Gasteiger partial charge on any atom is -0.317 e. The molecule has 1 aliphatic carbocycles. The minimum atomic E-state index is -4.73. The quantitative estimate of drug-likeness (QED) is 0.458. The molecule has 1 aromatic carbocycles. The molecule has 1 N–H and O–H groups in total. The van der Waals surface area contributed by atoms with Crippen molar-refractivity contribution in [3.63, 3.8) is 0 Å². The summed E-state index contributed by atoms with van der Waals surface area (Å²) in [6.45, 7) is 0. The molecule has 5 rings (SSSR count). The summed E-state index contributed by atoms with van der Waals surface area (Å²) >= 11 is 0. The van der Waals surface area contributed by atoms with E-state index < -0.39 is 32.7 Å². The van der Waals surface area contributed by atoms with Crippen molar-refractivity contribution in [3.8, 4) is 11.3 Å². The highest BCUT2D eigenvalue weighted by atomic mass is 32.2. The van der Waals surface area contributed by atoms with Crippen LogP contribution in [0.4, 0.5) is 13.2 Å². The van der Waals surface area contributed by atoms with Crippen LogP contribution in [-0.4, -0.2) is 43.8 Å². The Labute approximate surface area is 192 Å². The molecular formula is C21H20F3N7O2S. The first-order valence-electron chi connectivity index (χ1n) is 10.6. The van der Waals surface area contributed by atoms with E-state index in [0.29, 0.717) is 24.6 Å². The molecule has 0 saturated heterocycles. The maximum Gasteiger partial charge on any atom is 0.416 e. The van der Waals surface area contributed by atoms with Crippen molar-refractivity contribution in [3.05, 3.63) is 60.9 Å². The van der Waals surface area contributed by atoms with Crippen molar-refractivity contribution in [1.82, 2.24) is 34.1 Å². The zero-order chi connectivity index (χ0) is 23.9. The zero-order valence-electron chi connectivity index (χ0n) is 17.7. The smallest absolute Gasteiger partial charge is 0.317 e. The summed E-state index contributed by atoms with van der Waals surface area (Å²) in [6.07, 6.45) is 4.16. The number of sulfonamides is 1. The van der Waals surface area contributed by atoms with Gasteiger partial charge >= 0.3 is 6.18 Å². The van der Waals surface area contributed by atoms with Crippen LogP contribution < -0.4 is 4.72 Å². The standard InChI is InChI=1S/C21H20F3N7O2S/c22-21(23,24)15-8-14(19-5-7-31-20(28-19)4-6-27-31)9-18(10-15)34(32,33)29-16-2-1-3-17(11-16)30-12-25-26-13-30/h4-10,12-13,16-17,29H,1-3,11H2. The fourth-order valence-electron chi connectivity index (χ4n) is 4.27. The van der Waals surface area contributed by atoms with Crippen LogP contribution in [0.25, 0.3) is 16.9 Å². The molecule has 3 heterocycles. The predicted molar refractivity (Wildman–Crippen MR) is 115 cm³/mol. The fraction of sp³-hybridized carbons (Fsp3) is 0.333. The first kappa shape index (κ1) is 22.5. The molecule has 178 valence electrons. The first-order chi connectivity index (χ1) is 16.2. The topological polar surface area (TPSA) is 107 Å². The van der Waals surface area contributed by atoms with Gasteiger partial charge in [0, 0.05) is 29.9 Å². The highest BCUT2D eigenvalue weighted by Crippen LogP contribution is 2.35. The van der Waals surface area contributed by atoms with Crippen LogP contribution in [0.15, 0.2) is 60.3 Å². The molecule has 1 fully saturated rings. The Kier molecular flexibility index (Phi) is 5.60. The molecule has 0 radical (unpaired) electrons. The molecule has 0 spiro atoms. The maximum atomic E-state index is 13.7. The highest BCUT2D eigenvalue weighted by Gasteiger charge is 2.34. The van der Waals surface area contributed by atoms with Crippen molar-refractivity contribution >= 4 is 15.7 Å². The number of benzene rings is 1. The van der Waals surface area contributed by atoms with Crippen molar-refractivity contribution in [2.45, 2.75) is 48.8 Å². The van der Waals surface area contributed by atoms with Gasteiger partial charge in [0.25, 0.3) is 0 Å². The third-order valence-corrected chi connectivity index (χ3v) is 7.42. The summed E-state index contributed by atoms with van der Waals surface area (Å²) in [7, 11) is -4.23. The zero-order valence-corrected chi connectivity index (χ0v) is 18.5. The number of fused-ring (bicyclic) bond motifs is 1. The van der Waals surface area contributed by atoms with Gasteiger partial charge in [-0.15, -0.1) is 10.2 Å². The average molecular weight is 491 g/mol. The summed E-state index contributed by atoms with van der Waals surface area (Å²) in [5.74, 6) is 0. The van der Waals surface area contributed by atoms with Crippen molar-refractivity contribution < 1.29 is 21.6 Å². The van der Waals surface area contributed by atoms with Crippen LogP contribution in [0.5, 0.6) is 0 Å². The summed E-state index contributed by atoms with van der Waals surface area (Å²) in [5.41, 5.74) is -0.378. The van der Waals surface area contributed by atoms with E-state index in [1.165, 1.54) is 22.8 Å². The molecule has 1 saturated carbocycles. The van der Waals surface area contributed by atoms with Crippen molar-refractivity contribution in [2.24, 2.45) is 0 Å². The summed E-state index contributed by atoms with van der Waals surface area (Å²) < 4.78 is 73.2. The van der Waals surface area contributed by atoms with E-state index in [9.17, 15) is 21.6 Å². The average Bonchev–Trinajstić information content (AvgIpc) is 3.50. The molecule has 13 heteroatoms. The van der Waals surface area contributed by atoms with E-state index in [2.05, 4.69) is 25.0 Å². The van der Waals surface area contributed by atoms with Gasteiger partial charge in [0.2, 0.25) is 10.0 Å². The molecule has 0 aliphatic heterocycles. The molecule has 1 aliphatic rings. The summed E-state index contributed by atoms with van der Waals surface area (Å²) in [6, 6.07) is 5.45. The van der Waals surface area contributed by atoms with Gasteiger partial charge in [-0.3, -0.25) is 0 Å². The Balaban J connectivity index is 1.48. The first-order valence-corrected chi connectivity index (χ1v) is 12.1. The monoisotopic (exact) mass is 491 g/mol. The molecule has 0 amide bonds. The van der Waals surface area contributed by atoms with Gasteiger partial charge in [0.1, 0.15) is 12.7 Å². The van der Waals surface area contributed by atoms with Gasteiger partial charge in [-0.25, -0.2) is 22.6 Å². The Morgan fingerprint density at radius 2 is 1.85 bits per heavy atom. The SMILES string of the molecule is O=S(=O)(NC1CCCC(n2cnnc2)C1)c1cc(-c2ccn3nccc3n2)cc(C(F)(F)F)c1. The number of halogens is 3. The van der Waals surface area contributed by atoms with Crippen LogP contribution >= 0.6 is 0 Å². The second-order valence-electron chi connectivity index (χ2n) is 8.24. The van der Waals surface area contributed by atoms with Gasteiger partial charge in [0.05, 0.1) is 22.3 Å². The van der Waals surface area contributed by atoms with Crippen LogP contribution in [0, 0.1) is 0 Å². The second-order valence-corrected chi connectivity index (χ2v) is 9.95. The molecular weight excluding hydrogens is 471 g/mol. The lowest BCUT2D eigenvalue weighted by atomic mass is 9.91. The highest BCUT2D eigenvalue weighted by molar-refractivity contribution is 7.89. The Morgan fingerprint density at radius 3 is 2.62 bits per heavy atom. The Bertz CT molecular complexity index is 1420. The lowest BCUT2D eigenvalue weighted by molar-refractivity contribution is -0.137. The van der Waals surface area contributed by atoms with E-state index in [1.807, 2.05) is 4.57 Å². The van der Waals surface area contributed by atoms with Gasteiger partial charge in [-0.2, -0.15) is 18.3 Å². The number of alkyl halides is 3. The minimum absolute atomic E-state index is 0.0140. The Hall–Kier alpha value is -3.32. The van der Waals surface area contributed by atoms with Gasteiger partial charge in [-0.1, -0.05) is 0 Å². The number of aromatic nitrogens is 6. The number of hydrogen-bond acceptors (Lipinski definition) is 6. The van der Waals surface area contributed by atoms with Crippen LogP contribution in [0.3, 0.4) is 0 Å². The van der Waals surface area contributed by atoms with Crippen LogP contribution in [-0.2, 0) is 16.2 Å². The third-order valence-electron chi connectivity index (χ3n) is 5.92. The van der Waals surface area contributed by atoms with Crippen LogP contribution in [0.2, 0.25) is 0 Å². The third kappa shape index (κ3) is 4.53. The molecule has 34 heavy (non-hydrogen) atoms. The lowest BCUT2D eigenvalue weighted by Gasteiger charge is -2.30. The normalized spacial score (nSPS) is 19.5. The molecule has 2 unspecified atom stereocenters. The fourth-order valence-corrected chi connectivity index (χ4v) is 5.62. The molecule has 2 atom stereocenters. The molecule has 9 nitrogen and oxygen atoms in total. The van der Waals surface area contributed by atoms with Crippen molar-refractivity contribution in [2.75, 3.05) is 0 Å². The summed E-state index contributed by atoms with van der Waals surface area (Å²) in [4.78, 5) is 3.85. The van der Waals surface area contributed by atoms with Crippen molar-refractivity contribution in [1.29, 1.82) is 0 Å². The number of rotatable bonds is 5. The van der Waals surface area contributed by atoms with Gasteiger partial charge in [-0.05, 0) is 49.9 Å². The van der Waals surface area contributed by atoms with E-state index in [-0.39, 0.29) is 17.3 Å². The predicted octanol–water partition coefficient (Wildman–Crippen LogP) is 3.47. The molecule has 4 aromatic rings. The largest absolute Gasteiger partial charge is 0.416 e. The van der Waals surface area contributed by atoms with E-state index in [1.54, 1.807) is 24.9 Å². The molecule has 3 aromatic heterocycles. The molecule has 0 bridgehead atoms. The number of nitrogens with zero attached hydrogens (tertiary/aromatic N) is 6. The second kappa shape index (κ2) is 8.47. The van der Waals surface area contributed by atoms with E-state index >= 15 is 0 Å². The van der Waals surface area contributed by atoms with E-state index in [4.69, 9.17) is 0 Å². The van der Waals surface area contributed by atoms with Crippen LogP contribution in [0.1, 0.15) is 37.3 Å². The Morgan fingerprint density at radius 1 is 1.06 bits per heavy atom.